The van der Waals surface area contributed by atoms with E-state index in [-0.39, 0.29) is 0 Å². The number of aryl methyl sites for hydroxylation is 1. The average Bonchev–Trinajstić information content (AvgIpc) is 3.12. The molecule has 1 aromatic rings. The third kappa shape index (κ3) is 4.44. The maximum atomic E-state index is 12.5. The molecule has 132 valence electrons. The van der Waals surface area contributed by atoms with Crippen molar-refractivity contribution in [1.82, 2.24) is 19.9 Å². The number of rotatable bonds is 5. The topological polar surface area (TPSA) is 62.5 Å². The van der Waals surface area contributed by atoms with E-state index in [0.717, 1.165) is 51.0 Å². The van der Waals surface area contributed by atoms with Crippen molar-refractivity contribution in [2.45, 2.75) is 58.0 Å². The molecule has 0 unspecified atom stereocenters. The number of likely N-dealkylation sites (tertiary alicyclic amines) is 1. The van der Waals surface area contributed by atoms with E-state index < -0.39 is 0 Å². The molecule has 1 fully saturated rings. The summed E-state index contributed by atoms with van der Waals surface area (Å²) in [5.41, 5.74) is 0. The van der Waals surface area contributed by atoms with Gasteiger partial charge in [0.05, 0.1) is 6.54 Å². The van der Waals surface area contributed by atoms with Crippen LogP contribution < -0.4 is 0 Å². The third-order valence-corrected chi connectivity index (χ3v) is 5.18. The van der Waals surface area contributed by atoms with Gasteiger partial charge in [-0.3, -0.25) is 9.69 Å². The second-order valence-corrected chi connectivity index (χ2v) is 7.08. The molecule has 1 aliphatic carbocycles. The molecule has 2 atom stereocenters. The van der Waals surface area contributed by atoms with Crippen LogP contribution in [0.2, 0.25) is 0 Å². The summed E-state index contributed by atoms with van der Waals surface area (Å²) in [4.78, 5) is 21.2. The summed E-state index contributed by atoms with van der Waals surface area (Å²) in [6, 6.07) is 0.466. The van der Waals surface area contributed by atoms with E-state index in [1.165, 1.54) is 0 Å². The number of hydrogen-bond donors (Lipinski definition) is 0. The Morgan fingerprint density at radius 1 is 1.38 bits per heavy atom. The van der Waals surface area contributed by atoms with E-state index >= 15 is 0 Å². The molecule has 1 aliphatic heterocycles. The average molecular weight is 332 g/mol. The van der Waals surface area contributed by atoms with E-state index in [0.29, 0.717) is 36.7 Å². The molecule has 0 N–H and O–H groups in total. The molecule has 1 saturated heterocycles. The van der Waals surface area contributed by atoms with Gasteiger partial charge in [0.2, 0.25) is 11.8 Å². The van der Waals surface area contributed by atoms with Gasteiger partial charge in [-0.25, -0.2) is 0 Å². The van der Waals surface area contributed by atoms with Crippen molar-refractivity contribution >= 4 is 5.91 Å². The highest BCUT2D eigenvalue weighted by molar-refractivity contribution is 5.76. The van der Waals surface area contributed by atoms with Gasteiger partial charge in [-0.1, -0.05) is 17.3 Å². The van der Waals surface area contributed by atoms with Crippen molar-refractivity contribution in [3.63, 3.8) is 0 Å². The van der Waals surface area contributed by atoms with Crippen LogP contribution in [-0.2, 0) is 11.3 Å². The van der Waals surface area contributed by atoms with Crippen molar-refractivity contribution in [3.05, 3.63) is 23.9 Å². The first kappa shape index (κ1) is 17.1. The zero-order valence-electron chi connectivity index (χ0n) is 14.8. The van der Waals surface area contributed by atoms with E-state index in [2.05, 4.69) is 39.1 Å². The monoisotopic (exact) mass is 332 g/mol. The fraction of sp³-hybridized carbons (Fsp3) is 0.722. The Morgan fingerprint density at radius 3 is 2.96 bits per heavy atom. The minimum Gasteiger partial charge on any atom is -0.343 e. The van der Waals surface area contributed by atoms with Crippen LogP contribution in [0.15, 0.2) is 16.7 Å². The van der Waals surface area contributed by atoms with Crippen molar-refractivity contribution < 1.29 is 9.32 Å². The highest BCUT2D eigenvalue weighted by Crippen LogP contribution is 2.23. The first-order valence-electron chi connectivity index (χ1n) is 9.05. The Balaban J connectivity index is 1.48. The molecule has 0 saturated carbocycles. The lowest BCUT2D eigenvalue weighted by Gasteiger charge is -2.26. The predicted molar refractivity (Wildman–Crippen MR) is 91.2 cm³/mol. The van der Waals surface area contributed by atoms with Gasteiger partial charge in [-0.05, 0) is 45.1 Å². The van der Waals surface area contributed by atoms with Gasteiger partial charge in [-0.15, -0.1) is 0 Å². The summed E-state index contributed by atoms with van der Waals surface area (Å²) in [7, 11) is 2.11. The highest BCUT2D eigenvalue weighted by atomic mass is 16.5. The minimum atomic E-state index is 0.323. The molecule has 1 amide bonds. The second-order valence-electron chi connectivity index (χ2n) is 7.08. The van der Waals surface area contributed by atoms with Crippen LogP contribution in [-0.4, -0.2) is 52.0 Å². The second kappa shape index (κ2) is 7.92. The molecule has 0 spiro atoms. The molecule has 0 aromatic carbocycles. The fourth-order valence-electron chi connectivity index (χ4n) is 3.75. The number of amides is 1. The van der Waals surface area contributed by atoms with Gasteiger partial charge in [0, 0.05) is 32.5 Å². The highest BCUT2D eigenvalue weighted by Gasteiger charge is 2.25. The zero-order valence-corrected chi connectivity index (χ0v) is 14.8. The van der Waals surface area contributed by atoms with Gasteiger partial charge in [-0.2, -0.15) is 4.98 Å². The summed E-state index contributed by atoms with van der Waals surface area (Å²) in [6.07, 6.45) is 10.5. The predicted octanol–water partition coefficient (Wildman–Crippen LogP) is 2.55. The first-order valence-corrected chi connectivity index (χ1v) is 9.05. The smallest absolute Gasteiger partial charge is 0.223 e. The molecule has 0 radical (unpaired) electrons. The van der Waals surface area contributed by atoms with Gasteiger partial charge in [0.25, 0.3) is 0 Å². The van der Waals surface area contributed by atoms with Crippen molar-refractivity contribution in [2.75, 3.05) is 20.1 Å². The molecular formula is C18H28N4O2. The molecule has 2 heterocycles. The largest absolute Gasteiger partial charge is 0.343 e. The van der Waals surface area contributed by atoms with Gasteiger partial charge >= 0.3 is 0 Å². The SMILES string of the molecule is Cc1nc(CN(C)[C@H]2CCCN(C(=O)C[C@@H]3C=CCC3)CC2)no1. The zero-order chi connectivity index (χ0) is 16.9. The number of allylic oxidation sites excluding steroid dienone is 2. The lowest BCUT2D eigenvalue weighted by atomic mass is 10.0. The normalized spacial score (nSPS) is 24.5. The Kier molecular flexibility index (Phi) is 5.66. The first-order chi connectivity index (χ1) is 11.6. The minimum absolute atomic E-state index is 0.323. The quantitative estimate of drug-likeness (QED) is 0.776. The lowest BCUT2D eigenvalue weighted by Crippen LogP contribution is -2.35. The number of aromatic nitrogens is 2. The van der Waals surface area contributed by atoms with Crippen molar-refractivity contribution in [2.24, 2.45) is 5.92 Å². The van der Waals surface area contributed by atoms with Crippen LogP contribution in [0.25, 0.3) is 0 Å². The van der Waals surface area contributed by atoms with Gasteiger partial charge in [0.1, 0.15) is 0 Å². The number of carbonyl (C=O) groups is 1. The fourth-order valence-corrected chi connectivity index (χ4v) is 3.75. The van der Waals surface area contributed by atoms with Crippen molar-refractivity contribution in [1.29, 1.82) is 0 Å². The molecule has 3 rings (SSSR count). The number of hydrogen-bond acceptors (Lipinski definition) is 5. The third-order valence-electron chi connectivity index (χ3n) is 5.18. The number of nitrogens with zero attached hydrogens (tertiary/aromatic N) is 4. The molecule has 0 bridgehead atoms. The maximum Gasteiger partial charge on any atom is 0.223 e. The summed E-state index contributed by atoms with van der Waals surface area (Å²) >= 11 is 0. The number of carbonyl (C=O) groups excluding carboxylic acids is 1. The summed E-state index contributed by atoms with van der Waals surface area (Å²) in [5, 5.41) is 3.98. The Morgan fingerprint density at radius 2 is 2.25 bits per heavy atom. The van der Waals surface area contributed by atoms with Gasteiger partial charge in [0.15, 0.2) is 5.82 Å². The van der Waals surface area contributed by atoms with E-state index in [4.69, 9.17) is 4.52 Å². The van der Waals surface area contributed by atoms with Crippen LogP contribution in [0.1, 0.15) is 50.2 Å². The van der Waals surface area contributed by atoms with Crippen LogP contribution in [0.3, 0.4) is 0 Å². The van der Waals surface area contributed by atoms with Crippen LogP contribution in [0.4, 0.5) is 0 Å². The van der Waals surface area contributed by atoms with E-state index in [9.17, 15) is 4.79 Å². The van der Waals surface area contributed by atoms with Crippen LogP contribution in [0.5, 0.6) is 0 Å². The summed E-state index contributed by atoms with van der Waals surface area (Å²) < 4.78 is 5.04. The summed E-state index contributed by atoms with van der Waals surface area (Å²) in [6.45, 7) is 4.25. The lowest BCUT2D eigenvalue weighted by molar-refractivity contribution is -0.131. The van der Waals surface area contributed by atoms with Crippen molar-refractivity contribution in [3.8, 4) is 0 Å². The molecule has 24 heavy (non-hydrogen) atoms. The molecule has 6 nitrogen and oxygen atoms in total. The molecule has 2 aliphatic rings. The Hall–Kier alpha value is -1.69. The Bertz CT molecular complexity index is 583. The molecular weight excluding hydrogens is 304 g/mol. The molecule has 6 heteroatoms. The van der Waals surface area contributed by atoms with E-state index in [1.54, 1.807) is 0 Å². The maximum absolute atomic E-state index is 12.5. The van der Waals surface area contributed by atoms with Crippen LogP contribution >= 0.6 is 0 Å². The standard InChI is InChI=1S/C18H28N4O2/c1-14-19-17(20-24-14)13-21(2)16-8-5-10-22(11-9-16)18(23)12-15-6-3-4-7-15/h3,6,15-16H,4-5,7-13H2,1-2H3/t15-,16+/m1/s1. The molecule has 1 aromatic heterocycles. The van der Waals surface area contributed by atoms with Crippen LogP contribution in [0, 0.1) is 12.8 Å². The summed E-state index contributed by atoms with van der Waals surface area (Å²) in [5.74, 6) is 2.13. The van der Waals surface area contributed by atoms with E-state index in [1.807, 2.05) is 6.92 Å². The van der Waals surface area contributed by atoms with Gasteiger partial charge < -0.3 is 9.42 Å². The Labute approximate surface area is 143 Å².